The Labute approximate surface area is 232 Å². The van der Waals surface area contributed by atoms with Gasteiger partial charge in [-0.15, -0.1) is 0 Å². The minimum atomic E-state index is -1.08. The van der Waals surface area contributed by atoms with Crippen molar-refractivity contribution < 1.29 is 34.2 Å². The Morgan fingerprint density at radius 1 is 0.650 bits per heavy atom. The number of amides is 4. The predicted octanol–water partition coefficient (Wildman–Crippen LogP) is 2.26. The summed E-state index contributed by atoms with van der Waals surface area (Å²) in [7, 11) is 0. The SMILES string of the molecule is O=C(O)C1CCCN1C(=O)CN(Cc1ccccc1)C(=O)N(CC(=O)N1CCCC1C(=O)O)Cc1ccccc1. The van der Waals surface area contributed by atoms with Crippen LogP contribution in [0.4, 0.5) is 4.79 Å². The first-order valence-electron chi connectivity index (χ1n) is 13.4. The van der Waals surface area contributed by atoms with Crippen molar-refractivity contribution in [3.63, 3.8) is 0 Å². The molecule has 2 N–H and O–H groups in total. The number of carbonyl (C=O) groups excluding carboxylic acids is 3. The van der Waals surface area contributed by atoms with Gasteiger partial charge in [-0.25, -0.2) is 14.4 Å². The largest absolute Gasteiger partial charge is 0.480 e. The van der Waals surface area contributed by atoms with Crippen molar-refractivity contribution in [3.8, 4) is 0 Å². The third kappa shape index (κ3) is 6.96. The molecule has 0 radical (unpaired) electrons. The average Bonchev–Trinajstić information content (AvgIpc) is 3.64. The maximum atomic E-state index is 14.1. The van der Waals surface area contributed by atoms with Crippen LogP contribution in [-0.4, -0.2) is 97.9 Å². The molecule has 11 nitrogen and oxygen atoms in total. The van der Waals surface area contributed by atoms with E-state index in [-0.39, 0.29) is 26.2 Å². The Balaban J connectivity index is 1.60. The van der Waals surface area contributed by atoms with Crippen molar-refractivity contribution >= 4 is 29.8 Å². The third-order valence-electron chi connectivity index (χ3n) is 7.34. The van der Waals surface area contributed by atoms with Crippen LogP contribution >= 0.6 is 0 Å². The van der Waals surface area contributed by atoms with Gasteiger partial charge in [0.2, 0.25) is 11.8 Å². The Morgan fingerprint density at radius 3 is 1.38 bits per heavy atom. The summed E-state index contributed by atoms with van der Waals surface area (Å²) in [6.07, 6.45) is 1.82. The van der Waals surface area contributed by atoms with Crippen molar-refractivity contribution in [2.24, 2.45) is 0 Å². The molecule has 0 saturated carbocycles. The first-order valence-corrected chi connectivity index (χ1v) is 13.4. The predicted molar refractivity (Wildman–Crippen MR) is 144 cm³/mol. The van der Waals surface area contributed by atoms with Crippen molar-refractivity contribution in [1.29, 1.82) is 0 Å². The molecule has 2 aromatic rings. The molecule has 4 amide bonds. The quantitative estimate of drug-likeness (QED) is 0.463. The monoisotopic (exact) mass is 550 g/mol. The highest BCUT2D eigenvalue weighted by Crippen LogP contribution is 2.21. The first kappa shape index (κ1) is 28.6. The van der Waals surface area contributed by atoms with Crippen LogP contribution in [-0.2, 0) is 32.3 Å². The molecule has 2 atom stereocenters. The number of benzene rings is 2. The highest BCUT2D eigenvalue weighted by molar-refractivity contribution is 5.90. The molecule has 4 rings (SSSR count). The smallest absolute Gasteiger partial charge is 0.326 e. The molecular weight excluding hydrogens is 516 g/mol. The summed E-state index contributed by atoms with van der Waals surface area (Å²) in [5, 5.41) is 19.1. The highest BCUT2D eigenvalue weighted by Gasteiger charge is 2.38. The maximum Gasteiger partial charge on any atom is 0.326 e. The number of rotatable bonds is 10. The van der Waals surface area contributed by atoms with Gasteiger partial charge in [-0.1, -0.05) is 60.7 Å². The first-order chi connectivity index (χ1) is 19.2. The minimum Gasteiger partial charge on any atom is -0.480 e. The summed E-state index contributed by atoms with van der Waals surface area (Å²) < 4.78 is 0. The van der Waals surface area contributed by atoms with Gasteiger partial charge in [0.1, 0.15) is 25.2 Å². The van der Waals surface area contributed by atoms with Gasteiger partial charge in [-0.2, -0.15) is 0 Å². The highest BCUT2D eigenvalue weighted by atomic mass is 16.4. The fourth-order valence-electron chi connectivity index (χ4n) is 5.34. The topological polar surface area (TPSA) is 139 Å². The molecule has 0 aromatic heterocycles. The number of carboxylic acids is 2. The Kier molecular flexibility index (Phi) is 9.36. The number of hydrogen-bond donors (Lipinski definition) is 2. The second-order valence-electron chi connectivity index (χ2n) is 10.1. The van der Waals surface area contributed by atoms with Crippen LogP contribution in [0.15, 0.2) is 60.7 Å². The van der Waals surface area contributed by atoms with E-state index < -0.39 is 41.9 Å². The van der Waals surface area contributed by atoms with E-state index in [0.29, 0.717) is 38.8 Å². The fraction of sp³-hybridized carbons (Fsp3) is 0.414. The minimum absolute atomic E-state index is 0.0674. The van der Waals surface area contributed by atoms with Crippen LogP contribution in [0.25, 0.3) is 0 Å². The zero-order valence-electron chi connectivity index (χ0n) is 22.2. The molecule has 40 heavy (non-hydrogen) atoms. The summed E-state index contributed by atoms with van der Waals surface area (Å²) in [5.74, 6) is -3.13. The summed E-state index contributed by atoms with van der Waals surface area (Å²) in [6, 6.07) is 15.7. The number of aliphatic carboxylic acids is 2. The molecule has 2 unspecified atom stereocenters. The van der Waals surface area contributed by atoms with Gasteiger partial charge < -0.3 is 29.8 Å². The molecule has 2 aliphatic rings. The third-order valence-corrected chi connectivity index (χ3v) is 7.34. The second kappa shape index (κ2) is 13.1. The van der Waals surface area contributed by atoms with Crippen LogP contribution in [0.1, 0.15) is 36.8 Å². The van der Waals surface area contributed by atoms with E-state index in [4.69, 9.17) is 0 Å². The molecule has 2 heterocycles. The normalized spacial score (nSPS) is 18.4. The van der Waals surface area contributed by atoms with E-state index in [2.05, 4.69) is 0 Å². The lowest BCUT2D eigenvalue weighted by Gasteiger charge is -2.33. The molecule has 11 heteroatoms. The van der Waals surface area contributed by atoms with Gasteiger partial charge in [0.15, 0.2) is 0 Å². The van der Waals surface area contributed by atoms with Crippen molar-refractivity contribution in [1.82, 2.24) is 19.6 Å². The maximum absolute atomic E-state index is 14.1. The Morgan fingerprint density at radius 2 is 1.02 bits per heavy atom. The molecule has 2 aromatic carbocycles. The Bertz CT molecular complexity index is 1130. The van der Waals surface area contributed by atoms with Crippen LogP contribution in [0.3, 0.4) is 0 Å². The van der Waals surface area contributed by atoms with Crippen LogP contribution in [0, 0.1) is 0 Å². The number of carboxylic acid groups (broad SMARTS) is 2. The van der Waals surface area contributed by atoms with Crippen LogP contribution < -0.4 is 0 Å². The molecular formula is C29H34N4O7. The van der Waals surface area contributed by atoms with Gasteiger partial charge >= 0.3 is 18.0 Å². The lowest BCUT2D eigenvalue weighted by atomic mass is 10.2. The van der Waals surface area contributed by atoms with E-state index in [1.165, 1.54) is 19.6 Å². The number of urea groups is 1. The summed E-state index contributed by atoms with van der Waals surface area (Å²) >= 11 is 0. The standard InChI is InChI=1S/C29H34N4O7/c34-25(32-15-7-13-23(32)27(36)37)19-30(17-21-9-3-1-4-10-21)29(40)31(18-22-11-5-2-6-12-22)20-26(35)33-16-8-14-24(33)28(38)39/h1-6,9-12,23-24H,7-8,13-20H2,(H,36,37)(H,38,39). The second-order valence-corrected chi connectivity index (χ2v) is 10.1. The van der Waals surface area contributed by atoms with Crippen LogP contribution in [0.2, 0.25) is 0 Å². The van der Waals surface area contributed by atoms with E-state index in [0.717, 1.165) is 11.1 Å². The van der Waals surface area contributed by atoms with Crippen molar-refractivity contribution in [2.45, 2.75) is 50.9 Å². The van der Waals surface area contributed by atoms with Crippen LogP contribution in [0.5, 0.6) is 0 Å². The zero-order chi connectivity index (χ0) is 28.6. The van der Waals surface area contributed by atoms with Gasteiger partial charge in [0, 0.05) is 26.2 Å². The average molecular weight is 551 g/mol. The molecule has 2 aliphatic heterocycles. The number of likely N-dealkylation sites (tertiary alicyclic amines) is 2. The van der Waals surface area contributed by atoms with Crippen molar-refractivity contribution in [3.05, 3.63) is 71.8 Å². The molecule has 2 fully saturated rings. The molecule has 0 aliphatic carbocycles. The summed E-state index contributed by atoms with van der Waals surface area (Å²) in [4.78, 5) is 69.3. The molecule has 0 spiro atoms. The van der Waals surface area contributed by atoms with E-state index in [1.54, 1.807) is 0 Å². The number of hydrogen-bond acceptors (Lipinski definition) is 5. The lowest BCUT2D eigenvalue weighted by molar-refractivity contribution is -0.148. The van der Waals surface area contributed by atoms with Crippen molar-refractivity contribution in [2.75, 3.05) is 26.2 Å². The van der Waals surface area contributed by atoms with E-state index >= 15 is 0 Å². The van der Waals surface area contributed by atoms with Gasteiger partial charge in [0.25, 0.3) is 0 Å². The molecule has 212 valence electrons. The molecule has 0 bridgehead atoms. The zero-order valence-corrected chi connectivity index (χ0v) is 22.2. The lowest BCUT2D eigenvalue weighted by Crippen LogP contribution is -2.52. The summed E-state index contributed by atoms with van der Waals surface area (Å²) in [5.41, 5.74) is 1.52. The number of carbonyl (C=O) groups is 5. The van der Waals surface area contributed by atoms with E-state index in [9.17, 15) is 34.2 Å². The van der Waals surface area contributed by atoms with E-state index in [1.807, 2.05) is 60.7 Å². The van der Waals surface area contributed by atoms with Gasteiger partial charge in [-0.05, 0) is 36.8 Å². The fourth-order valence-corrected chi connectivity index (χ4v) is 5.34. The Hall–Kier alpha value is -4.41. The summed E-state index contributed by atoms with van der Waals surface area (Å²) in [6.45, 7) is -0.00534. The number of nitrogens with zero attached hydrogens (tertiary/aromatic N) is 4. The molecule has 2 saturated heterocycles. The van der Waals surface area contributed by atoms with Gasteiger partial charge in [0.05, 0.1) is 0 Å². The van der Waals surface area contributed by atoms with Gasteiger partial charge in [-0.3, -0.25) is 9.59 Å².